The van der Waals surface area contributed by atoms with Crippen LogP contribution >= 0.6 is 11.6 Å². The van der Waals surface area contributed by atoms with Crippen molar-refractivity contribution in [1.29, 1.82) is 0 Å². The van der Waals surface area contributed by atoms with Crippen LogP contribution in [0.25, 0.3) is 0 Å². The second-order valence-corrected chi connectivity index (χ2v) is 3.86. The molecule has 0 N–H and O–H groups in total. The molecular weight excluding hydrogens is 198 g/mol. The van der Waals surface area contributed by atoms with E-state index in [-0.39, 0.29) is 5.24 Å². The summed E-state index contributed by atoms with van der Waals surface area (Å²) < 4.78 is 0. The number of halogens is 1. The highest BCUT2D eigenvalue weighted by Gasteiger charge is 2.13. The summed E-state index contributed by atoms with van der Waals surface area (Å²) in [6.45, 7) is 2.17. The van der Waals surface area contributed by atoms with Gasteiger partial charge in [-0.05, 0) is 42.6 Å². The van der Waals surface area contributed by atoms with Crippen LogP contribution in [0.15, 0.2) is 24.3 Å². The molecule has 0 aromatic heterocycles. The van der Waals surface area contributed by atoms with Gasteiger partial charge < -0.3 is 4.90 Å². The highest BCUT2D eigenvalue weighted by Crippen LogP contribution is 2.21. The van der Waals surface area contributed by atoms with E-state index in [1.54, 1.807) is 6.07 Å². The first kappa shape index (κ1) is 9.53. The van der Waals surface area contributed by atoms with Crippen LogP contribution in [0.5, 0.6) is 0 Å². The maximum Gasteiger partial charge on any atom is 0.252 e. The normalized spacial score (nSPS) is 15.9. The number of benzene rings is 1. The number of hydrogen-bond acceptors (Lipinski definition) is 2. The van der Waals surface area contributed by atoms with Crippen molar-refractivity contribution in [1.82, 2.24) is 0 Å². The first-order valence-corrected chi connectivity index (χ1v) is 5.20. The van der Waals surface area contributed by atoms with Crippen LogP contribution in [-0.4, -0.2) is 18.3 Å². The van der Waals surface area contributed by atoms with Gasteiger partial charge in [0.2, 0.25) is 0 Å². The molecule has 0 atom stereocenters. The minimum atomic E-state index is -0.383. The highest BCUT2D eigenvalue weighted by molar-refractivity contribution is 6.67. The Hall–Kier alpha value is -1.02. The highest BCUT2D eigenvalue weighted by atomic mass is 35.5. The average Bonchev–Trinajstić information content (AvgIpc) is 2.71. The Morgan fingerprint density at radius 2 is 2.00 bits per heavy atom. The molecule has 2 rings (SSSR count). The third-order valence-corrected chi connectivity index (χ3v) is 2.76. The van der Waals surface area contributed by atoms with Crippen LogP contribution in [0.4, 0.5) is 5.69 Å². The lowest BCUT2D eigenvalue weighted by Gasteiger charge is -2.17. The predicted molar refractivity (Wildman–Crippen MR) is 58.1 cm³/mol. The van der Waals surface area contributed by atoms with Crippen molar-refractivity contribution < 1.29 is 4.79 Å². The lowest BCUT2D eigenvalue weighted by molar-refractivity contribution is 0.108. The second-order valence-electron chi connectivity index (χ2n) is 3.52. The lowest BCUT2D eigenvalue weighted by Crippen LogP contribution is -2.17. The van der Waals surface area contributed by atoms with Gasteiger partial charge in [-0.3, -0.25) is 4.79 Å². The van der Waals surface area contributed by atoms with E-state index in [1.807, 2.05) is 18.2 Å². The number of rotatable bonds is 2. The van der Waals surface area contributed by atoms with E-state index in [9.17, 15) is 4.79 Å². The van der Waals surface area contributed by atoms with E-state index in [1.165, 1.54) is 12.8 Å². The van der Waals surface area contributed by atoms with Crippen molar-refractivity contribution in [3.05, 3.63) is 29.8 Å². The molecule has 14 heavy (non-hydrogen) atoms. The van der Waals surface area contributed by atoms with Crippen LogP contribution in [0.2, 0.25) is 0 Å². The van der Waals surface area contributed by atoms with Crippen LogP contribution in [0.3, 0.4) is 0 Å². The first-order chi connectivity index (χ1) is 6.77. The smallest absolute Gasteiger partial charge is 0.252 e. The Morgan fingerprint density at radius 1 is 1.29 bits per heavy atom. The zero-order valence-corrected chi connectivity index (χ0v) is 8.63. The van der Waals surface area contributed by atoms with Gasteiger partial charge in [-0.25, -0.2) is 0 Å². The minimum absolute atomic E-state index is 0.383. The standard InChI is InChI=1S/C11H12ClNO/c12-11(14)9-4-3-5-10(8-9)13-6-1-2-7-13/h3-5,8H,1-2,6-7H2. The number of nitrogens with zero attached hydrogens (tertiary/aromatic N) is 1. The summed E-state index contributed by atoms with van der Waals surface area (Å²) >= 11 is 5.42. The summed E-state index contributed by atoms with van der Waals surface area (Å²) in [4.78, 5) is 13.2. The fourth-order valence-electron chi connectivity index (χ4n) is 1.80. The third kappa shape index (κ3) is 1.90. The Morgan fingerprint density at radius 3 is 2.64 bits per heavy atom. The molecular formula is C11H12ClNO. The number of carbonyl (C=O) groups excluding carboxylic acids is 1. The largest absolute Gasteiger partial charge is 0.372 e. The molecule has 3 heteroatoms. The summed E-state index contributed by atoms with van der Waals surface area (Å²) in [5.74, 6) is 0. The van der Waals surface area contributed by atoms with Gasteiger partial charge in [0, 0.05) is 24.3 Å². The van der Waals surface area contributed by atoms with Gasteiger partial charge in [0.25, 0.3) is 5.24 Å². The zero-order chi connectivity index (χ0) is 9.97. The minimum Gasteiger partial charge on any atom is -0.372 e. The lowest BCUT2D eigenvalue weighted by atomic mass is 10.2. The van der Waals surface area contributed by atoms with Gasteiger partial charge in [-0.1, -0.05) is 6.07 Å². The van der Waals surface area contributed by atoms with E-state index in [0.717, 1.165) is 18.8 Å². The van der Waals surface area contributed by atoms with Gasteiger partial charge in [0.1, 0.15) is 0 Å². The SMILES string of the molecule is O=C(Cl)c1cccc(N2CCCC2)c1. The van der Waals surface area contributed by atoms with E-state index >= 15 is 0 Å². The van der Waals surface area contributed by atoms with E-state index < -0.39 is 0 Å². The molecule has 1 saturated heterocycles. The molecule has 1 aliphatic rings. The molecule has 0 saturated carbocycles. The Kier molecular flexibility index (Phi) is 2.73. The molecule has 0 bridgehead atoms. The Labute approximate surface area is 88.5 Å². The molecule has 2 nitrogen and oxygen atoms in total. The van der Waals surface area contributed by atoms with Crippen molar-refractivity contribution in [2.45, 2.75) is 12.8 Å². The van der Waals surface area contributed by atoms with Crippen LogP contribution < -0.4 is 4.90 Å². The Bertz CT molecular complexity index is 345. The van der Waals surface area contributed by atoms with Gasteiger partial charge in [0.05, 0.1) is 0 Å². The quantitative estimate of drug-likeness (QED) is 0.698. The molecule has 1 fully saturated rings. The molecule has 74 valence electrons. The second kappa shape index (κ2) is 4.01. The number of hydrogen-bond donors (Lipinski definition) is 0. The molecule has 0 radical (unpaired) electrons. The first-order valence-electron chi connectivity index (χ1n) is 4.82. The van der Waals surface area contributed by atoms with Crippen molar-refractivity contribution in [3.63, 3.8) is 0 Å². The molecule has 1 aromatic rings. The average molecular weight is 210 g/mol. The molecule has 0 spiro atoms. The number of anilines is 1. The van der Waals surface area contributed by atoms with E-state index in [2.05, 4.69) is 4.90 Å². The monoisotopic (exact) mass is 209 g/mol. The van der Waals surface area contributed by atoms with Gasteiger partial charge in [-0.15, -0.1) is 0 Å². The molecule has 0 unspecified atom stereocenters. The Balaban J connectivity index is 2.25. The van der Waals surface area contributed by atoms with Gasteiger partial charge in [0.15, 0.2) is 0 Å². The predicted octanol–water partition coefficient (Wildman–Crippen LogP) is 2.67. The number of carbonyl (C=O) groups is 1. The fourth-order valence-corrected chi connectivity index (χ4v) is 1.92. The van der Waals surface area contributed by atoms with Crippen molar-refractivity contribution in [2.75, 3.05) is 18.0 Å². The van der Waals surface area contributed by atoms with Gasteiger partial charge >= 0.3 is 0 Å². The summed E-state index contributed by atoms with van der Waals surface area (Å²) in [7, 11) is 0. The maximum absolute atomic E-state index is 11.0. The van der Waals surface area contributed by atoms with Crippen LogP contribution in [0, 0.1) is 0 Å². The van der Waals surface area contributed by atoms with Gasteiger partial charge in [-0.2, -0.15) is 0 Å². The van der Waals surface area contributed by atoms with Crippen LogP contribution in [-0.2, 0) is 0 Å². The summed E-state index contributed by atoms with van der Waals surface area (Å²) in [5, 5.41) is -0.383. The molecule has 1 heterocycles. The van der Waals surface area contributed by atoms with Crippen molar-refractivity contribution in [2.24, 2.45) is 0 Å². The van der Waals surface area contributed by atoms with E-state index in [0.29, 0.717) is 5.56 Å². The van der Waals surface area contributed by atoms with Crippen molar-refractivity contribution in [3.8, 4) is 0 Å². The fraction of sp³-hybridized carbons (Fsp3) is 0.364. The zero-order valence-electron chi connectivity index (χ0n) is 7.87. The summed E-state index contributed by atoms with van der Waals surface area (Å²) in [6.07, 6.45) is 2.47. The maximum atomic E-state index is 11.0. The topological polar surface area (TPSA) is 20.3 Å². The molecule has 0 amide bonds. The molecule has 1 aromatic carbocycles. The molecule has 0 aliphatic carbocycles. The summed E-state index contributed by atoms with van der Waals surface area (Å²) in [6, 6.07) is 7.51. The molecule has 1 aliphatic heterocycles. The summed E-state index contributed by atoms with van der Waals surface area (Å²) in [5.41, 5.74) is 1.69. The van der Waals surface area contributed by atoms with E-state index in [4.69, 9.17) is 11.6 Å². The van der Waals surface area contributed by atoms with Crippen molar-refractivity contribution >= 4 is 22.5 Å². The van der Waals surface area contributed by atoms with Crippen LogP contribution in [0.1, 0.15) is 23.2 Å². The third-order valence-electron chi connectivity index (χ3n) is 2.54.